The number of phenols is 1. The molecule has 7 aromatic carbocycles. The number of phenolic OH excluding ortho intramolecular Hbond substituents is 1. The van der Waals surface area contributed by atoms with Crippen molar-refractivity contribution in [1.29, 1.82) is 0 Å². The van der Waals surface area contributed by atoms with Gasteiger partial charge >= 0.3 is 11.9 Å². The molecule has 0 spiro atoms. The number of nitrogens with zero attached hydrogens (tertiary/aromatic N) is 2. The van der Waals surface area contributed by atoms with Crippen LogP contribution in [0.25, 0.3) is 22.5 Å². The van der Waals surface area contributed by atoms with Gasteiger partial charge in [0.1, 0.15) is 75.2 Å². The molecule has 1 N–H and O–H groups in total. The second kappa shape index (κ2) is 32.3. The fourth-order valence-corrected chi connectivity index (χ4v) is 10.4. The highest BCUT2D eigenvalue weighted by Gasteiger charge is 2.21. The van der Waals surface area contributed by atoms with Crippen molar-refractivity contribution in [3.63, 3.8) is 0 Å². The summed E-state index contributed by atoms with van der Waals surface area (Å²) in [5.41, 5.74) is 12.7. The van der Waals surface area contributed by atoms with E-state index < -0.39 is 11.9 Å². The van der Waals surface area contributed by atoms with E-state index >= 15 is 0 Å². The minimum Gasteiger partial charge on any atom is -0.507 e. The third-order valence-corrected chi connectivity index (χ3v) is 14.7. The Kier molecular flexibility index (Phi) is 23.6. The summed E-state index contributed by atoms with van der Waals surface area (Å²) in [6, 6.07) is 43.4. The number of carbonyl (C=O) groups is 2. The molecule has 2 aromatic heterocycles. The van der Waals surface area contributed by atoms with E-state index in [4.69, 9.17) is 42.6 Å². The minimum absolute atomic E-state index is 0.152. The maximum Gasteiger partial charge on any atom is 0.341 e. The average Bonchev–Trinajstić information content (AvgIpc) is 4.42. The zero-order valence-electron chi connectivity index (χ0n) is 48.9. The first-order valence-corrected chi connectivity index (χ1v) is 30.5. The van der Waals surface area contributed by atoms with E-state index in [2.05, 4.69) is 55.9 Å². The number of aromatic nitrogens is 2. The third kappa shape index (κ3) is 16.9. The number of aromatic hydroxyl groups is 1. The number of hydrogen-bond donors (Lipinski definition) is 1. The second-order valence-corrected chi connectivity index (χ2v) is 20.8. The molecule has 0 unspecified atom stereocenters. The van der Waals surface area contributed by atoms with Gasteiger partial charge < -0.3 is 47.7 Å². The molecule has 0 aliphatic heterocycles. The monoisotopic (exact) mass is 1180 g/mol. The summed E-state index contributed by atoms with van der Waals surface area (Å²) in [5.74, 6) is 5.14. The fourth-order valence-electron chi connectivity index (χ4n) is 9.29. The molecule has 9 aromatic rings. The Hall–Kier alpha value is -8.86. The third-order valence-electron chi connectivity index (χ3n) is 13.6. The van der Waals surface area contributed by atoms with Crippen LogP contribution in [0.1, 0.15) is 102 Å². The van der Waals surface area contributed by atoms with Gasteiger partial charge in [-0.3, -0.25) is 0 Å². The molecule has 0 bridgehead atoms. The number of aryl methyl sites for hydroxylation is 2. The van der Waals surface area contributed by atoms with Crippen LogP contribution in [-0.4, -0.2) is 67.7 Å². The van der Waals surface area contributed by atoms with Crippen LogP contribution in [0, 0.1) is 0 Å². The van der Waals surface area contributed by atoms with Crippen molar-refractivity contribution in [1.82, 2.24) is 9.97 Å². The lowest BCUT2D eigenvalue weighted by atomic mass is 10.0. The average molecular weight is 1190 g/mol. The Bertz CT molecular complexity index is 3550. The van der Waals surface area contributed by atoms with Gasteiger partial charge in [0.05, 0.1) is 63.1 Å². The lowest BCUT2D eigenvalue weighted by molar-refractivity contribution is 0.0588. The number of para-hydroxylation sites is 2. The number of rotatable bonds is 29. The fraction of sp³-hybridized carbons (Fsp3) is 0.275. The van der Waals surface area contributed by atoms with Gasteiger partial charge in [0.15, 0.2) is 0 Å². The van der Waals surface area contributed by atoms with E-state index in [-0.39, 0.29) is 5.75 Å². The predicted molar refractivity (Wildman–Crippen MR) is 334 cm³/mol. The molecule has 0 amide bonds. The molecular weight excluding hydrogens is 1110 g/mol. The molecule has 14 nitrogen and oxygen atoms in total. The van der Waals surface area contributed by atoms with E-state index in [1.807, 2.05) is 95.1 Å². The summed E-state index contributed by atoms with van der Waals surface area (Å²) in [6.07, 6.45) is 6.25. The zero-order valence-corrected chi connectivity index (χ0v) is 50.6. The van der Waals surface area contributed by atoms with Crippen molar-refractivity contribution < 1.29 is 57.3 Å². The number of hydrogen-bond acceptors (Lipinski definition) is 16. The summed E-state index contributed by atoms with van der Waals surface area (Å²) in [5, 5.41) is 14.5. The standard InChI is InChI=1S/C38H39NO6S.C31H33NO6S/c1-4-13-29-33(18-11-19-34(29)45-35-17-10-9-16-30(35)38(40)41-3)42-20-12-21-43-36-23-37(44-24-27-14-7-6-8-15-27)31(22-28(36)5-2)32-25-46-26-39-32;1-4-10-22-27(13-8-14-28(22)38-29-12-7-6-11-23(29)31(34)35-3)36-15-9-16-37-30-18-26(33)24(17-21(30)5-2)25-19-39-20-32-25/h6-11,14-19,22-23,25-26H,4-5,12-13,20-21,24H2,1-3H3;6-8,11-14,17-20,33H,4-5,9-10,15-16H2,1-3H3. The first-order chi connectivity index (χ1) is 41.7. The zero-order chi connectivity index (χ0) is 59.8. The van der Waals surface area contributed by atoms with Crippen LogP contribution in [0.2, 0.25) is 0 Å². The summed E-state index contributed by atoms with van der Waals surface area (Å²) >= 11 is 3.05. The summed E-state index contributed by atoms with van der Waals surface area (Å²) in [6.45, 7) is 10.7. The molecule has 0 aliphatic rings. The lowest BCUT2D eigenvalue weighted by Gasteiger charge is -2.18. The maximum absolute atomic E-state index is 12.3. The quantitative estimate of drug-likeness (QED) is 0.0348. The highest BCUT2D eigenvalue weighted by atomic mass is 32.1. The van der Waals surface area contributed by atoms with Gasteiger partial charge in [-0.1, -0.05) is 107 Å². The van der Waals surface area contributed by atoms with Crippen LogP contribution < -0.4 is 33.2 Å². The molecule has 0 fully saturated rings. The first-order valence-electron chi connectivity index (χ1n) is 28.6. The van der Waals surface area contributed by atoms with Gasteiger partial charge in [-0.25, -0.2) is 19.6 Å². The number of benzene rings is 7. The molecule has 9 rings (SSSR count). The van der Waals surface area contributed by atoms with Crippen molar-refractivity contribution in [3.05, 3.63) is 200 Å². The molecule has 16 heteroatoms. The Balaban J connectivity index is 0.000000224. The van der Waals surface area contributed by atoms with Gasteiger partial charge in [-0.05, 0) is 103 Å². The Morgan fingerprint density at radius 1 is 0.459 bits per heavy atom. The van der Waals surface area contributed by atoms with Gasteiger partial charge in [-0.2, -0.15) is 0 Å². The van der Waals surface area contributed by atoms with Gasteiger partial charge in [0, 0.05) is 58.0 Å². The van der Waals surface area contributed by atoms with Crippen LogP contribution in [0.3, 0.4) is 0 Å². The highest BCUT2D eigenvalue weighted by molar-refractivity contribution is 7.08. The van der Waals surface area contributed by atoms with E-state index in [9.17, 15) is 14.7 Å². The van der Waals surface area contributed by atoms with Gasteiger partial charge in [0.25, 0.3) is 0 Å². The van der Waals surface area contributed by atoms with E-state index in [1.165, 1.54) is 25.6 Å². The predicted octanol–water partition coefficient (Wildman–Crippen LogP) is 16.8. The van der Waals surface area contributed by atoms with Gasteiger partial charge in [-0.15, -0.1) is 22.7 Å². The maximum atomic E-state index is 12.3. The minimum atomic E-state index is -0.452. The molecule has 0 atom stereocenters. The smallest absolute Gasteiger partial charge is 0.341 e. The lowest BCUT2D eigenvalue weighted by Crippen LogP contribution is -2.08. The number of carbonyl (C=O) groups excluding carboxylic acids is 2. The molecule has 0 radical (unpaired) electrons. The van der Waals surface area contributed by atoms with Crippen LogP contribution in [0.4, 0.5) is 0 Å². The van der Waals surface area contributed by atoms with Crippen molar-refractivity contribution >= 4 is 34.6 Å². The number of ether oxygens (including phenoxy) is 9. The van der Waals surface area contributed by atoms with Crippen LogP contribution >= 0.6 is 22.7 Å². The van der Waals surface area contributed by atoms with Crippen molar-refractivity contribution in [2.24, 2.45) is 0 Å². The second-order valence-electron chi connectivity index (χ2n) is 19.4. The van der Waals surface area contributed by atoms with E-state index in [0.717, 1.165) is 106 Å². The topological polar surface area (TPSA) is 163 Å². The van der Waals surface area contributed by atoms with Gasteiger partial charge in [0.2, 0.25) is 0 Å². The highest BCUT2D eigenvalue weighted by Crippen LogP contribution is 2.40. The van der Waals surface area contributed by atoms with E-state index in [0.29, 0.717) is 91.3 Å². The Morgan fingerprint density at radius 2 is 0.894 bits per heavy atom. The SMILES string of the molecule is CCCc1c(OCCCOc2cc(O)c(-c3cscn3)cc2CC)cccc1Oc1ccccc1C(=O)OC.CCCc1c(OCCCOc2cc(OCc3ccccc3)c(-c3cscn3)cc2CC)cccc1Oc1ccccc1C(=O)OC. The Labute approximate surface area is 505 Å². The van der Waals surface area contributed by atoms with E-state index in [1.54, 1.807) is 59.3 Å². The van der Waals surface area contributed by atoms with Crippen LogP contribution in [0.15, 0.2) is 161 Å². The number of esters is 2. The Morgan fingerprint density at radius 3 is 1.36 bits per heavy atom. The molecule has 0 saturated carbocycles. The first kappa shape index (κ1) is 62.2. The largest absolute Gasteiger partial charge is 0.507 e. The van der Waals surface area contributed by atoms with Crippen LogP contribution in [0.5, 0.6) is 57.5 Å². The molecule has 0 saturated heterocycles. The molecule has 0 aliphatic carbocycles. The van der Waals surface area contributed by atoms with Crippen molar-refractivity contribution in [3.8, 4) is 80.0 Å². The number of methoxy groups -OCH3 is 2. The van der Waals surface area contributed by atoms with Crippen LogP contribution in [-0.2, 0) is 41.8 Å². The number of thiazole rings is 2. The molecular formula is C69H72N2O12S2. The normalized spacial score (nSPS) is 10.8. The summed E-state index contributed by atoms with van der Waals surface area (Å²) < 4.78 is 53.3. The molecule has 442 valence electrons. The van der Waals surface area contributed by atoms with Crippen molar-refractivity contribution in [2.45, 2.75) is 85.7 Å². The van der Waals surface area contributed by atoms with Crippen molar-refractivity contribution in [2.75, 3.05) is 40.6 Å². The summed E-state index contributed by atoms with van der Waals surface area (Å²) in [7, 11) is 2.71. The molecule has 85 heavy (non-hydrogen) atoms. The summed E-state index contributed by atoms with van der Waals surface area (Å²) in [4.78, 5) is 33.3. The molecule has 2 heterocycles.